The van der Waals surface area contributed by atoms with E-state index in [-0.39, 0.29) is 11.8 Å². The van der Waals surface area contributed by atoms with Gasteiger partial charge in [-0.15, -0.1) is 0 Å². The largest absolute Gasteiger partial charge is 0.326 e. The zero-order valence-corrected chi connectivity index (χ0v) is 9.89. The Bertz CT molecular complexity index is 292. The van der Waals surface area contributed by atoms with Crippen LogP contribution in [0.25, 0.3) is 0 Å². The van der Waals surface area contributed by atoms with Gasteiger partial charge in [0.2, 0.25) is 10.0 Å². The summed E-state index contributed by atoms with van der Waals surface area (Å²) in [6.45, 7) is 5.42. The molecular formula is C9H20N2O2S. The van der Waals surface area contributed by atoms with E-state index in [0.717, 1.165) is 12.8 Å². The highest BCUT2D eigenvalue weighted by Crippen LogP contribution is 2.30. The predicted octanol–water partition coefficient (Wildman–Crippen LogP) is 0.442. The number of hydrogen-bond donors (Lipinski definition) is 2. The predicted molar refractivity (Wildman–Crippen MR) is 57.4 cm³/mol. The summed E-state index contributed by atoms with van der Waals surface area (Å²) in [6.07, 6.45) is 2.08. The molecule has 0 bridgehead atoms. The Morgan fingerprint density at radius 3 is 2.36 bits per heavy atom. The van der Waals surface area contributed by atoms with Crippen molar-refractivity contribution in [2.24, 2.45) is 11.7 Å². The maximum atomic E-state index is 11.6. The Hall–Kier alpha value is -0.130. The van der Waals surface area contributed by atoms with Crippen LogP contribution in [0.15, 0.2) is 0 Å². The molecule has 0 saturated heterocycles. The average molecular weight is 220 g/mol. The molecule has 1 aliphatic rings. The summed E-state index contributed by atoms with van der Waals surface area (Å²) in [4.78, 5) is 0. The number of sulfonamides is 1. The maximum Gasteiger partial charge on any atom is 0.212 e. The van der Waals surface area contributed by atoms with Crippen LogP contribution in [0, 0.1) is 5.92 Å². The molecule has 1 rings (SSSR count). The molecule has 0 aromatic heterocycles. The molecule has 0 aromatic carbocycles. The van der Waals surface area contributed by atoms with E-state index >= 15 is 0 Å². The van der Waals surface area contributed by atoms with Gasteiger partial charge < -0.3 is 5.73 Å². The number of nitrogens with one attached hydrogen (secondary N) is 1. The van der Waals surface area contributed by atoms with Gasteiger partial charge >= 0.3 is 0 Å². The van der Waals surface area contributed by atoms with Crippen LogP contribution in [0.3, 0.4) is 0 Å². The Labute approximate surface area is 86.3 Å². The standard InChI is InChI=1S/C9H20N2O2S/c1-7(10)9(2,3)11-14(12,13)6-8-4-5-8/h7-8,11H,4-6,10H2,1-3H3. The van der Waals surface area contributed by atoms with Crippen LogP contribution < -0.4 is 10.5 Å². The quantitative estimate of drug-likeness (QED) is 0.706. The average Bonchev–Trinajstić information content (AvgIpc) is 2.67. The van der Waals surface area contributed by atoms with E-state index in [1.165, 1.54) is 0 Å². The molecule has 0 spiro atoms. The minimum atomic E-state index is -3.15. The van der Waals surface area contributed by atoms with Gasteiger partial charge in [-0.1, -0.05) is 0 Å². The third-order valence-electron chi connectivity index (χ3n) is 2.71. The number of hydrogen-bond acceptors (Lipinski definition) is 3. The van der Waals surface area contributed by atoms with Crippen molar-refractivity contribution in [1.82, 2.24) is 4.72 Å². The number of rotatable bonds is 5. The van der Waals surface area contributed by atoms with Gasteiger partial charge in [0, 0.05) is 11.6 Å². The van der Waals surface area contributed by atoms with E-state index in [1.807, 2.05) is 13.8 Å². The highest BCUT2D eigenvalue weighted by atomic mass is 32.2. The van der Waals surface area contributed by atoms with Crippen LogP contribution in [0.1, 0.15) is 33.6 Å². The molecule has 0 aliphatic heterocycles. The lowest BCUT2D eigenvalue weighted by Crippen LogP contribution is -2.55. The smallest absolute Gasteiger partial charge is 0.212 e. The van der Waals surface area contributed by atoms with Crippen molar-refractivity contribution in [3.05, 3.63) is 0 Å². The highest BCUT2D eigenvalue weighted by molar-refractivity contribution is 7.89. The molecule has 5 heteroatoms. The second kappa shape index (κ2) is 3.79. The van der Waals surface area contributed by atoms with E-state index in [0.29, 0.717) is 5.92 Å². The van der Waals surface area contributed by atoms with E-state index in [9.17, 15) is 8.42 Å². The molecule has 1 saturated carbocycles. The lowest BCUT2D eigenvalue weighted by atomic mass is 9.99. The third-order valence-corrected chi connectivity index (χ3v) is 4.46. The summed E-state index contributed by atoms with van der Waals surface area (Å²) in [7, 11) is -3.15. The normalized spacial score (nSPS) is 20.9. The molecule has 0 heterocycles. The fourth-order valence-electron chi connectivity index (χ4n) is 1.13. The summed E-state index contributed by atoms with van der Waals surface area (Å²) in [6, 6.07) is -0.198. The SMILES string of the molecule is CC(N)C(C)(C)NS(=O)(=O)CC1CC1. The Kier molecular flexibility index (Phi) is 3.23. The van der Waals surface area contributed by atoms with Crippen LogP contribution in [0.5, 0.6) is 0 Å². The molecule has 84 valence electrons. The van der Waals surface area contributed by atoms with Crippen molar-refractivity contribution in [2.75, 3.05) is 5.75 Å². The number of nitrogens with two attached hydrogens (primary N) is 1. The topological polar surface area (TPSA) is 72.2 Å². The second-order valence-electron chi connectivity index (χ2n) is 4.84. The first-order valence-corrected chi connectivity index (χ1v) is 6.65. The molecule has 1 unspecified atom stereocenters. The minimum Gasteiger partial charge on any atom is -0.326 e. The Morgan fingerprint density at radius 1 is 1.50 bits per heavy atom. The molecule has 3 N–H and O–H groups in total. The van der Waals surface area contributed by atoms with Gasteiger partial charge in [-0.05, 0) is 39.5 Å². The second-order valence-corrected chi connectivity index (χ2v) is 6.60. The van der Waals surface area contributed by atoms with Crippen molar-refractivity contribution in [2.45, 2.75) is 45.2 Å². The van der Waals surface area contributed by atoms with E-state index in [1.54, 1.807) is 6.92 Å². The summed E-state index contributed by atoms with van der Waals surface area (Å²) in [5.41, 5.74) is 5.14. The fourth-order valence-corrected chi connectivity index (χ4v) is 3.15. The molecule has 0 radical (unpaired) electrons. The van der Waals surface area contributed by atoms with Gasteiger partial charge in [0.1, 0.15) is 0 Å². The molecule has 1 atom stereocenters. The highest BCUT2D eigenvalue weighted by Gasteiger charge is 2.33. The van der Waals surface area contributed by atoms with Gasteiger partial charge in [-0.25, -0.2) is 13.1 Å². The first-order chi connectivity index (χ1) is 6.23. The van der Waals surface area contributed by atoms with Crippen molar-refractivity contribution >= 4 is 10.0 Å². The lowest BCUT2D eigenvalue weighted by Gasteiger charge is -2.29. The van der Waals surface area contributed by atoms with Gasteiger partial charge in [0.15, 0.2) is 0 Å². The minimum absolute atomic E-state index is 0.198. The summed E-state index contributed by atoms with van der Waals surface area (Å²) in [5.74, 6) is 0.625. The van der Waals surface area contributed by atoms with Gasteiger partial charge in [-0.3, -0.25) is 0 Å². The molecule has 0 amide bonds. The zero-order chi connectivity index (χ0) is 11.0. The summed E-state index contributed by atoms with van der Waals surface area (Å²) < 4.78 is 25.9. The third kappa shape index (κ3) is 3.55. The first kappa shape index (κ1) is 11.9. The lowest BCUT2D eigenvalue weighted by molar-refractivity contribution is 0.387. The van der Waals surface area contributed by atoms with E-state index < -0.39 is 15.6 Å². The van der Waals surface area contributed by atoms with Gasteiger partial charge in [0.25, 0.3) is 0 Å². The van der Waals surface area contributed by atoms with E-state index in [2.05, 4.69) is 4.72 Å². The maximum absolute atomic E-state index is 11.6. The van der Waals surface area contributed by atoms with E-state index in [4.69, 9.17) is 5.73 Å². The molecule has 4 nitrogen and oxygen atoms in total. The van der Waals surface area contributed by atoms with Crippen molar-refractivity contribution in [3.63, 3.8) is 0 Å². The van der Waals surface area contributed by atoms with Crippen molar-refractivity contribution in [1.29, 1.82) is 0 Å². The van der Waals surface area contributed by atoms with Crippen LogP contribution in [-0.4, -0.2) is 25.8 Å². The van der Waals surface area contributed by atoms with Crippen molar-refractivity contribution in [3.8, 4) is 0 Å². The molecular weight excluding hydrogens is 200 g/mol. The molecule has 1 fully saturated rings. The Morgan fingerprint density at radius 2 is 2.00 bits per heavy atom. The fraction of sp³-hybridized carbons (Fsp3) is 1.00. The van der Waals surface area contributed by atoms with Gasteiger partial charge in [-0.2, -0.15) is 0 Å². The zero-order valence-electron chi connectivity index (χ0n) is 9.08. The van der Waals surface area contributed by atoms with Crippen LogP contribution in [0.4, 0.5) is 0 Å². The molecule has 0 aromatic rings. The van der Waals surface area contributed by atoms with Gasteiger partial charge in [0.05, 0.1) is 5.75 Å². The molecule has 1 aliphatic carbocycles. The van der Waals surface area contributed by atoms with Crippen LogP contribution in [-0.2, 0) is 10.0 Å². The summed E-state index contributed by atoms with van der Waals surface area (Å²) in [5, 5.41) is 0. The molecule has 14 heavy (non-hydrogen) atoms. The van der Waals surface area contributed by atoms with Crippen LogP contribution >= 0.6 is 0 Å². The summed E-state index contributed by atoms with van der Waals surface area (Å²) >= 11 is 0. The first-order valence-electron chi connectivity index (χ1n) is 5.00. The van der Waals surface area contributed by atoms with Crippen LogP contribution in [0.2, 0.25) is 0 Å². The monoisotopic (exact) mass is 220 g/mol. The Balaban J connectivity index is 2.56. The van der Waals surface area contributed by atoms with Crippen molar-refractivity contribution < 1.29 is 8.42 Å².